The lowest BCUT2D eigenvalue weighted by molar-refractivity contribution is 0.0975. The predicted octanol–water partition coefficient (Wildman–Crippen LogP) is 3.83. The lowest BCUT2D eigenvalue weighted by Crippen LogP contribution is -2.34. The molecule has 0 spiro atoms. The van der Waals surface area contributed by atoms with E-state index in [1.807, 2.05) is 19.1 Å². The van der Waals surface area contributed by atoms with Crippen LogP contribution in [0.1, 0.15) is 16.1 Å². The first-order valence-corrected chi connectivity index (χ1v) is 7.66. The molecule has 0 saturated carbocycles. The van der Waals surface area contributed by atoms with Gasteiger partial charge in [0.05, 0.1) is 17.7 Å². The molecule has 0 unspecified atom stereocenters. The predicted molar refractivity (Wildman–Crippen MR) is 95.7 cm³/mol. The van der Waals surface area contributed by atoms with Crippen LogP contribution in [-0.2, 0) is 0 Å². The van der Waals surface area contributed by atoms with E-state index in [1.165, 1.54) is 19.2 Å². The zero-order valence-electron chi connectivity index (χ0n) is 12.3. The normalized spacial score (nSPS) is 10.1. The number of carbonyl (C=O) groups is 1. The quantitative estimate of drug-likeness (QED) is 0.804. The van der Waals surface area contributed by atoms with Gasteiger partial charge in [0.15, 0.2) is 5.11 Å². The van der Waals surface area contributed by atoms with E-state index in [1.54, 1.807) is 6.07 Å². The zero-order chi connectivity index (χ0) is 17.0. The minimum absolute atomic E-state index is 0.103. The highest BCUT2D eigenvalue weighted by atomic mass is 35.5. The second-order valence-electron chi connectivity index (χ2n) is 4.54. The van der Waals surface area contributed by atoms with Gasteiger partial charge >= 0.3 is 0 Å². The fraction of sp³-hybridized carbons (Fsp3) is 0.133. The number of hydrogen-bond acceptors (Lipinski definition) is 4. The molecule has 0 aliphatic rings. The first-order chi connectivity index (χ1) is 10.9. The number of rotatable bonds is 3. The van der Waals surface area contributed by atoms with Crippen molar-refractivity contribution >= 4 is 52.3 Å². The van der Waals surface area contributed by atoms with Crippen LogP contribution in [-0.4, -0.2) is 23.1 Å². The van der Waals surface area contributed by atoms with Crippen LogP contribution in [0.15, 0.2) is 30.3 Å². The van der Waals surface area contributed by atoms with Crippen LogP contribution < -0.4 is 15.4 Å². The Hall–Kier alpha value is -1.89. The summed E-state index contributed by atoms with van der Waals surface area (Å²) < 4.78 is 5.14. The Morgan fingerprint density at radius 2 is 2.04 bits per heavy atom. The summed E-state index contributed by atoms with van der Waals surface area (Å²) in [5.41, 5.74) is 1.01. The molecule has 2 rings (SSSR count). The van der Waals surface area contributed by atoms with Crippen molar-refractivity contribution in [3.8, 4) is 5.75 Å². The molecule has 1 amide bonds. The molecule has 0 radical (unpaired) electrons. The topological polar surface area (TPSA) is 63.2 Å². The molecule has 23 heavy (non-hydrogen) atoms. The Morgan fingerprint density at radius 3 is 2.70 bits per heavy atom. The van der Waals surface area contributed by atoms with Crippen LogP contribution in [0.3, 0.4) is 0 Å². The third kappa shape index (κ3) is 4.54. The molecular formula is C15H13Cl2N3O2S. The Labute approximate surface area is 149 Å². The highest BCUT2D eigenvalue weighted by molar-refractivity contribution is 7.80. The fourth-order valence-electron chi connectivity index (χ4n) is 1.87. The molecule has 2 aromatic rings. The van der Waals surface area contributed by atoms with Gasteiger partial charge in [0.2, 0.25) is 0 Å². The maximum atomic E-state index is 12.3. The van der Waals surface area contributed by atoms with Crippen molar-refractivity contribution in [1.29, 1.82) is 0 Å². The van der Waals surface area contributed by atoms with E-state index in [9.17, 15) is 4.79 Å². The van der Waals surface area contributed by atoms with Gasteiger partial charge in [-0.2, -0.15) is 0 Å². The number of nitrogens with zero attached hydrogens (tertiary/aromatic N) is 1. The van der Waals surface area contributed by atoms with Gasteiger partial charge in [-0.1, -0.05) is 29.3 Å². The van der Waals surface area contributed by atoms with E-state index in [0.29, 0.717) is 10.8 Å². The number of thiocarbonyl (C=S) groups is 1. The molecule has 0 atom stereocenters. The van der Waals surface area contributed by atoms with Gasteiger partial charge in [-0.3, -0.25) is 10.1 Å². The van der Waals surface area contributed by atoms with Crippen LogP contribution in [0.25, 0.3) is 0 Å². The van der Waals surface area contributed by atoms with Crippen molar-refractivity contribution in [3.05, 3.63) is 51.6 Å². The van der Waals surface area contributed by atoms with Crippen molar-refractivity contribution in [2.24, 2.45) is 0 Å². The van der Waals surface area contributed by atoms with Gasteiger partial charge < -0.3 is 10.1 Å². The van der Waals surface area contributed by atoms with Crippen molar-refractivity contribution in [2.45, 2.75) is 6.92 Å². The molecule has 0 aliphatic heterocycles. The van der Waals surface area contributed by atoms with Gasteiger partial charge in [0, 0.05) is 10.7 Å². The number of pyridine rings is 1. The number of hydrogen-bond donors (Lipinski definition) is 2. The minimum Gasteiger partial charge on any atom is -0.494 e. The van der Waals surface area contributed by atoms with E-state index in [0.717, 1.165) is 5.69 Å². The number of aromatic nitrogens is 1. The highest BCUT2D eigenvalue weighted by Gasteiger charge is 2.17. The number of amides is 1. The second-order valence-corrected chi connectivity index (χ2v) is 5.79. The first-order valence-electron chi connectivity index (χ1n) is 6.49. The van der Waals surface area contributed by atoms with Crippen LogP contribution >= 0.6 is 35.4 Å². The van der Waals surface area contributed by atoms with Gasteiger partial charge in [-0.05, 0) is 43.4 Å². The number of halogens is 2. The summed E-state index contributed by atoms with van der Waals surface area (Å²) >= 11 is 17.1. The van der Waals surface area contributed by atoms with Crippen molar-refractivity contribution in [1.82, 2.24) is 10.3 Å². The molecule has 1 aromatic heterocycles. The summed E-state index contributed by atoms with van der Waals surface area (Å²) in [6, 6.07) is 8.36. The Balaban J connectivity index is 2.14. The Bertz CT molecular complexity index is 768. The fourth-order valence-corrected chi connectivity index (χ4v) is 2.63. The maximum Gasteiger partial charge on any atom is 0.261 e. The van der Waals surface area contributed by atoms with Gasteiger partial charge in [0.25, 0.3) is 5.91 Å². The number of ether oxygens (including phenoxy) is 1. The Kier molecular flexibility index (Phi) is 5.76. The summed E-state index contributed by atoms with van der Waals surface area (Å²) in [6.07, 6.45) is 0. The summed E-state index contributed by atoms with van der Waals surface area (Å²) in [6.45, 7) is 1.85. The molecule has 5 nitrogen and oxygen atoms in total. The van der Waals surface area contributed by atoms with E-state index in [-0.39, 0.29) is 21.4 Å². The van der Waals surface area contributed by atoms with Crippen LogP contribution in [0.5, 0.6) is 5.75 Å². The van der Waals surface area contributed by atoms with Crippen LogP contribution in [0, 0.1) is 6.92 Å². The van der Waals surface area contributed by atoms with Gasteiger partial charge in [0.1, 0.15) is 11.6 Å². The number of nitrogens with one attached hydrogen (secondary N) is 2. The minimum atomic E-state index is -0.489. The lowest BCUT2D eigenvalue weighted by atomic mass is 10.2. The maximum absolute atomic E-state index is 12.3. The van der Waals surface area contributed by atoms with Crippen LogP contribution in [0.2, 0.25) is 10.0 Å². The molecule has 0 aliphatic carbocycles. The summed E-state index contributed by atoms with van der Waals surface area (Å²) in [5.74, 6) is 0.271. The largest absolute Gasteiger partial charge is 0.494 e. The molecule has 2 N–H and O–H groups in total. The summed E-state index contributed by atoms with van der Waals surface area (Å²) in [7, 11) is 1.42. The van der Waals surface area contributed by atoms with E-state index < -0.39 is 5.91 Å². The van der Waals surface area contributed by atoms with Crippen molar-refractivity contribution < 1.29 is 9.53 Å². The number of aryl methyl sites for hydroxylation is 1. The van der Waals surface area contributed by atoms with Crippen LogP contribution in [0.4, 0.5) is 5.82 Å². The molecule has 0 saturated heterocycles. The number of anilines is 1. The summed E-state index contributed by atoms with van der Waals surface area (Å²) in [4.78, 5) is 16.6. The molecule has 1 heterocycles. The average Bonchev–Trinajstić information content (AvgIpc) is 2.46. The molecule has 0 bridgehead atoms. The third-order valence-electron chi connectivity index (χ3n) is 2.81. The van der Waals surface area contributed by atoms with Crippen molar-refractivity contribution in [3.63, 3.8) is 0 Å². The molecule has 8 heteroatoms. The highest BCUT2D eigenvalue weighted by Crippen LogP contribution is 2.32. The van der Waals surface area contributed by atoms with Gasteiger partial charge in [-0.15, -0.1) is 0 Å². The average molecular weight is 370 g/mol. The van der Waals surface area contributed by atoms with E-state index in [2.05, 4.69) is 15.6 Å². The molecule has 1 aromatic carbocycles. The van der Waals surface area contributed by atoms with E-state index in [4.69, 9.17) is 40.2 Å². The van der Waals surface area contributed by atoms with Gasteiger partial charge in [-0.25, -0.2) is 4.98 Å². The SMILES string of the molecule is COc1c(Cl)cc(Cl)cc1C(=O)NC(=S)Nc1cccc(C)n1. The Morgan fingerprint density at radius 1 is 1.30 bits per heavy atom. The lowest BCUT2D eigenvalue weighted by Gasteiger charge is -2.13. The zero-order valence-corrected chi connectivity index (χ0v) is 14.6. The number of carbonyl (C=O) groups excluding carboxylic acids is 1. The standard InChI is InChI=1S/C15H13Cl2N3O2S/c1-8-4-3-5-12(18-8)19-15(23)20-14(21)10-6-9(16)7-11(17)13(10)22-2/h3-7H,1-2H3,(H2,18,19,20,21,23). The second kappa shape index (κ2) is 7.59. The number of methoxy groups -OCH3 is 1. The molecule has 120 valence electrons. The summed E-state index contributed by atoms with van der Waals surface area (Å²) in [5, 5.41) is 6.03. The first kappa shape index (κ1) is 17.5. The molecule has 0 fully saturated rings. The van der Waals surface area contributed by atoms with Crippen molar-refractivity contribution in [2.75, 3.05) is 12.4 Å². The monoisotopic (exact) mass is 369 g/mol. The number of benzene rings is 1. The molecular weight excluding hydrogens is 357 g/mol. The van der Waals surface area contributed by atoms with E-state index >= 15 is 0 Å². The third-order valence-corrected chi connectivity index (χ3v) is 3.52. The smallest absolute Gasteiger partial charge is 0.261 e.